The third kappa shape index (κ3) is 2.30. The first-order chi connectivity index (χ1) is 7.91. The molecule has 0 bridgehead atoms. The second-order valence-corrected chi connectivity index (χ2v) is 6.78. The van der Waals surface area contributed by atoms with E-state index in [4.69, 9.17) is 5.73 Å². The monoisotopic (exact) mass is 254 g/mol. The fraction of sp³-hybridized carbons (Fsp3) is 0.500. The summed E-state index contributed by atoms with van der Waals surface area (Å²) >= 11 is 0. The first-order valence-corrected chi connectivity index (χ1v) is 7.21. The predicted octanol–water partition coefficient (Wildman–Crippen LogP) is 1.55. The van der Waals surface area contributed by atoms with Crippen molar-refractivity contribution in [3.8, 4) is 0 Å². The lowest BCUT2D eigenvalue weighted by atomic mass is 10.0. The van der Waals surface area contributed by atoms with E-state index in [2.05, 4.69) is 13.8 Å². The Morgan fingerprint density at radius 3 is 2.06 bits per heavy atom. The number of hydrogen-bond acceptors (Lipinski definition) is 3. The van der Waals surface area contributed by atoms with Crippen LogP contribution in [0.15, 0.2) is 29.2 Å². The van der Waals surface area contributed by atoms with Gasteiger partial charge >= 0.3 is 0 Å². The predicted molar refractivity (Wildman–Crippen MR) is 67.9 cm³/mol. The van der Waals surface area contributed by atoms with Crippen LogP contribution in [0.4, 0.5) is 5.69 Å². The van der Waals surface area contributed by atoms with Crippen molar-refractivity contribution in [1.82, 2.24) is 4.31 Å². The maximum Gasteiger partial charge on any atom is 0.243 e. The third-order valence-corrected chi connectivity index (χ3v) is 5.32. The molecular formula is C12H18N2O2S. The molecule has 1 fully saturated rings. The fourth-order valence-electron chi connectivity index (χ4n) is 2.06. The van der Waals surface area contributed by atoms with Gasteiger partial charge in [0.2, 0.25) is 10.0 Å². The summed E-state index contributed by atoms with van der Waals surface area (Å²) in [7, 11) is -3.34. The van der Waals surface area contributed by atoms with E-state index in [1.165, 1.54) is 0 Å². The molecule has 5 heteroatoms. The van der Waals surface area contributed by atoms with Gasteiger partial charge in [0.15, 0.2) is 0 Å². The van der Waals surface area contributed by atoms with E-state index in [-0.39, 0.29) is 0 Å². The van der Waals surface area contributed by atoms with Gasteiger partial charge in [-0.25, -0.2) is 8.42 Å². The summed E-state index contributed by atoms with van der Waals surface area (Å²) in [6, 6.07) is 6.38. The highest BCUT2D eigenvalue weighted by Gasteiger charge is 2.34. The number of rotatable bonds is 2. The Kier molecular flexibility index (Phi) is 3.14. The van der Waals surface area contributed by atoms with E-state index < -0.39 is 10.0 Å². The summed E-state index contributed by atoms with van der Waals surface area (Å²) in [6.07, 6.45) is 0. The molecule has 1 heterocycles. The molecular weight excluding hydrogens is 236 g/mol. The first-order valence-electron chi connectivity index (χ1n) is 5.77. The molecule has 2 rings (SSSR count). The lowest BCUT2D eigenvalue weighted by Gasteiger charge is -2.16. The van der Waals surface area contributed by atoms with Gasteiger partial charge in [-0.1, -0.05) is 13.8 Å². The Morgan fingerprint density at radius 2 is 1.59 bits per heavy atom. The largest absolute Gasteiger partial charge is 0.399 e. The van der Waals surface area contributed by atoms with Crippen molar-refractivity contribution in [3.05, 3.63) is 24.3 Å². The summed E-state index contributed by atoms with van der Waals surface area (Å²) < 4.78 is 26.2. The van der Waals surface area contributed by atoms with Crippen LogP contribution in [0.25, 0.3) is 0 Å². The second-order valence-electron chi connectivity index (χ2n) is 4.85. The molecule has 0 aromatic heterocycles. The molecule has 2 atom stereocenters. The van der Waals surface area contributed by atoms with Crippen molar-refractivity contribution in [2.45, 2.75) is 18.7 Å². The zero-order valence-corrected chi connectivity index (χ0v) is 10.9. The van der Waals surface area contributed by atoms with Gasteiger partial charge in [-0.05, 0) is 36.1 Å². The van der Waals surface area contributed by atoms with Crippen molar-refractivity contribution < 1.29 is 8.42 Å². The zero-order chi connectivity index (χ0) is 12.6. The zero-order valence-electron chi connectivity index (χ0n) is 10.1. The van der Waals surface area contributed by atoms with Crippen LogP contribution in [0.5, 0.6) is 0 Å². The van der Waals surface area contributed by atoms with Gasteiger partial charge in [0, 0.05) is 18.8 Å². The molecule has 1 aliphatic heterocycles. The Bertz CT molecular complexity index is 486. The van der Waals surface area contributed by atoms with E-state index in [0.717, 1.165) is 0 Å². The van der Waals surface area contributed by atoms with Crippen molar-refractivity contribution in [2.75, 3.05) is 18.8 Å². The maximum atomic E-state index is 12.3. The van der Waals surface area contributed by atoms with Crippen LogP contribution in [-0.4, -0.2) is 25.8 Å². The Balaban J connectivity index is 2.28. The van der Waals surface area contributed by atoms with Gasteiger partial charge in [-0.15, -0.1) is 0 Å². The van der Waals surface area contributed by atoms with Gasteiger partial charge in [0.25, 0.3) is 0 Å². The molecule has 1 aromatic carbocycles. The van der Waals surface area contributed by atoms with Crippen LogP contribution < -0.4 is 5.73 Å². The van der Waals surface area contributed by atoms with Gasteiger partial charge in [-0.3, -0.25) is 0 Å². The van der Waals surface area contributed by atoms with Crippen molar-refractivity contribution >= 4 is 15.7 Å². The highest BCUT2D eigenvalue weighted by atomic mass is 32.2. The molecule has 94 valence electrons. The second kappa shape index (κ2) is 4.31. The Hall–Kier alpha value is -1.07. The minimum Gasteiger partial charge on any atom is -0.399 e. The molecule has 2 unspecified atom stereocenters. The normalized spacial score (nSPS) is 26.2. The summed E-state index contributed by atoms with van der Waals surface area (Å²) in [6.45, 7) is 5.38. The van der Waals surface area contributed by atoms with Crippen LogP contribution in [-0.2, 0) is 10.0 Å². The third-order valence-electron chi connectivity index (χ3n) is 3.47. The smallest absolute Gasteiger partial charge is 0.243 e. The molecule has 1 aromatic rings. The summed E-state index contributed by atoms with van der Waals surface area (Å²) in [5.41, 5.74) is 6.14. The molecule has 0 spiro atoms. The van der Waals surface area contributed by atoms with E-state index in [1.807, 2.05) is 0 Å². The molecule has 0 radical (unpaired) electrons. The number of nitrogen functional groups attached to an aromatic ring is 1. The van der Waals surface area contributed by atoms with Gasteiger partial charge in [-0.2, -0.15) is 4.31 Å². The van der Waals surface area contributed by atoms with Crippen LogP contribution in [0.1, 0.15) is 13.8 Å². The fourth-order valence-corrected chi connectivity index (χ4v) is 3.70. The van der Waals surface area contributed by atoms with Gasteiger partial charge in [0.1, 0.15) is 0 Å². The molecule has 1 aliphatic rings. The number of nitrogens with two attached hydrogens (primary N) is 1. The highest BCUT2D eigenvalue weighted by Crippen LogP contribution is 2.28. The van der Waals surface area contributed by atoms with Crippen LogP contribution in [0, 0.1) is 11.8 Å². The molecule has 1 saturated heterocycles. The number of nitrogens with zero attached hydrogens (tertiary/aromatic N) is 1. The quantitative estimate of drug-likeness (QED) is 0.814. The SMILES string of the molecule is CC1CN(S(=O)(=O)c2ccc(N)cc2)CC1C. The standard InChI is InChI=1S/C12H18N2O2S/c1-9-7-14(8-10(9)2)17(15,16)12-5-3-11(13)4-6-12/h3-6,9-10H,7-8,13H2,1-2H3. The molecule has 0 amide bonds. The lowest BCUT2D eigenvalue weighted by molar-refractivity contribution is 0.463. The Morgan fingerprint density at radius 1 is 1.12 bits per heavy atom. The molecule has 2 N–H and O–H groups in total. The van der Waals surface area contributed by atoms with Crippen LogP contribution >= 0.6 is 0 Å². The number of sulfonamides is 1. The highest BCUT2D eigenvalue weighted by molar-refractivity contribution is 7.89. The summed E-state index contributed by atoms with van der Waals surface area (Å²) in [4.78, 5) is 0.327. The topological polar surface area (TPSA) is 63.4 Å². The molecule has 0 aliphatic carbocycles. The average Bonchev–Trinajstić information content (AvgIpc) is 2.60. The average molecular weight is 254 g/mol. The number of anilines is 1. The van der Waals surface area contributed by atoms with E-state index in [9.17, 15) is 8.42 Å². The molecule has 0 saturated carbocycles. The van der Waals surface area contributed by atoms with Crippen LogP contribution in [0.3, 0.4) is 0 Å². The lowest BCUT2D eigenvalue weighted by Crippen LogP contribution is -2.29. The Labute approximate surface area is 102 Å². The number of benzene rings is 1. The van der Waals surface area contributed by atoms with Crippen molar-refractivity contribution in [2.24, 2.45) is 11.8 Å². The van der Waals surface area contributed by atoms with E-state index in [1.54, 1.807) is 28.6 Å². The summed E-state index contributed by atoms with van der Waals surface area (Å²) in [5.74, 6) is 0.831. The minimum atomic E-state index is -3.34. The summed E-state index contributed by atoms with van der Waals surface area (Å²) in [5, 5.41) is 0. The van der Waals surface area contributed by atoms with Gasteiger partial charge < -0.3 is 5.73 Å². The van der Waals surface area contributed by atoms with E-state index >= 15 is 0 Å². The first kappa shape index (κ1) is 12.4. The molecule has 4 nitrogen and oxygen atoms in total. The van der Waals surface area contributed by atoms with Crippen molar-refractivity contribution in [3.63, 3.8) is 0 Å². The van der Waals surface area contributed by atoms with Crippen molar-refractivity contribution in [1.29, 1.82) is 0 Å². The van der Waals surface area contributed by atoms with E-state index in [0.29, 0.717) is 35.5 Å². The van der Waals surface area contributed by atoms with Gasteiger partial charge in [0.05, 0.1) is 4.90 Å². The number of hydrogen-bond donors (Lipinski definition) is 1. The maximum absolute atomic E-state index is 12.3. The molecule has 17 heavy (non-hydrogen) atoms. The minimum absolute atomic E-state index is 0.327. The van der Waals surface area contributed by atoms with Crippen LogP contribution in [0.2, 0.25) is 0 Å².